The number of hydrogen-bond donors (Lipinski definition) is 2. The van der Waals surface area contributed by atoms with Crippen LogP contribution in [0.5, 0.6) is 11.5 Å². The summed E-state index contributed by atoms with van der Waals surface area (Å²) in [4.78, 5) is 22.7. The van der Waals surface area contributed by atoms with Crippen molar-refractivity contribution in [3.63, 3.8) is 0 Å². The lowest BCUT2D eigenvalue weighted by Gasteiger charge is -2.45. The van der Waals surface area contributed by atoms with Crippen molar-refractivity contribution in [1.29, 1.82) is 0 Å². The summed E-state index contributed by atoms with van der Waals surface area (Å²) in [5.41, 5.74) is 0.131. The van der Waals surface area contributed by atoms with Gasteiger partial charge in [-0.25, -0.2) is 9.97 Å². The number of carboxylic acids is 1. The Kier molecular flexibility index (Phi) is 5.97. The fraction of sp³-hybridized carbons (Fsp3) is 0.480. The topological polar surface area (TPSA) is 93.6 Å². The second kappa shape index (κ2) is 8.91. The van der Waals surface area contributed by atoms with Crippen LogP contribution >= 0.6 is 11.3 Å². The third-order valence-corrected chi connectivity index (χ3v) is 8.29. The zero-order valence-electron chi connectivity index (χ0n) is 18.9. The number of thiophene rings is 1. The summed E-state index contributed by atoms with van der Waals surface area (Å²) >= 11 is 1.52. The Morgan fingerprint density at radius 3 is 2.88 bits per heavy atom. The number of aliphatic carboxylic acids is 1. The van der Waals surface area contributed by atoms with Gasteiger partial charge in [0, 0.05) is 17.6 Å². The van der Waals surface area contributed by atoms with E-state index in [-0.39, 0.29) is 17.9 Å². The monoisotopic (exact) mass is 467 g/mol. The van der Waals surface area contributed by atoms with Crippen molar-refractivity contribution in [3.05, 3.63) is 47.2 Å². The van der Waals surface area contributed by atoms with Crippen LogP contribution in [-0.2, 0) is 16.6 Å². The molecule has 0 bridgehead atoms. The van der Waals surface area contributed by atoms with Crippen LogP contribution in [0.1, 0.15) is 38.1 Å². The van der Waals surface area contributed by atoms with Gasteiger partial charge in [0.25, 0.3) is 0 Å². The van der Waals surface area contributed by atoms with Gasteiger partial charge in [0.15, 0.2) is 11.5 Å². The highest BCUT2D eigenvalue weighted by Gasteiger charge is 2.53. The van der Waals surface area contributed by atoms with Gasteiger partial charge in [-0.15, -0.1) is 11.3 Å². The average molecular weight is 468 g/mol. The Morgan fingerprint density at radius 1 is 1.24 bits per heavy atom. The van der Waals surface area contributed by atoms with E-state index >= 15 is 0 Å². The highest BCUT2D eigenvalue weighted by Crippen LogP contribution is 2.46. The van der Waals surface area contributed by atoms with E-state index in [4.69, 9.17) is 9.47 Å². The summed E-state index contributed by atoms with van der Waals surface area (Å²) in [6.45, 7) is 6.18. The van der Waals surface area contributed by atoms with Gasteiger partial charge in [-0.2, -0.15) is 0 Å². The van der Waals surface area contributed by atoms with Crippen LogP contribution in [0, 0.1) is 11.8 Å². The predicted molar refractivity (Wildman–Crippen MR) is 127 cm³/mol. The molecule has 1 aliphatic heterocycles. The maximum atomic E-state index is 12.6. The van der Waals surface area contributed by atoms with Crippen LogP contribution in [0.4, 0.5) is 0 Å². The third-order valence-electron chi connectivity index (χ3n) is 7.47. The first-order chi connectivity index (χ1) is 16.0. The number of rotatable bonds is 6. The fourth-order valence-electron chi connectivity index (χ4n) is 5.29. The molecule has 2 N–H and O–H groups in total. The lowest BCUT2D eigenvalue weighted by atomic mass is 9.60. The van der Waals surface area contributed by atoms with E-state index in [0.29, 0.717) is 25.5 Å². The van der Waals surface area contributed by atoms with Crippen LogP contribution in [-0.4, -0.2) is 46.8 Å². The molecule has 2 aromatic heterocycles. The van der Waals surface area contributed by atoms with Crippen LogP contribution in [0.3, 0.4) is 0 Å². The SMILES string of the molecule is CC1C(NCCc2ccc3c(c2)OCCO3)CCC(C(=O)O)(c2ncc3ccsc3n2)C1C. The van der Waals surface area contributed by atoms with Crippen LogP contribution in [0.25, 0.3) is 10.2 Å². The van der Waals surface area contributed by atoms with Gasteiger partial charge in [-0.3, -0.25) is 4.79 Å². The summed E-state index contributed by atoms with van der Waals surface area (Å²) in [5, 5.41) is 16.9. The van der Waals surface area contributed by atoms with E-state index in [1.165, 1.54) is 16.9 Å². The zero-order chi connectivity index (χ0) is 23.0. The number of carboxylic acid groups (broad SMARTS) is 1. The van der Waals surface area contributed by atoms with Gasteiger partial charge in [0.05, 0.1) is 0 Å². The molecule has 0 radical (unpaired) electrons. The predicted octanol–water partition coefficient (Wildman–Crippen LogP) is 4.05. The maximum Gasteiger partial charge on any atom is 0.317 e. The molecule has 7 nitrogen and oxygen atoms in total. The summed E-state index contributed by atoms with van der Waals surface area (Å²) in [6, 6.07) is 8.31. The molecule has 3 aromatic rings. The first-order valence-electron chi connectivity index (χ1n) is 11.5. The minimum absolute atomic E-state index is 0.104. The number of carbonyl (C=O) groups is 1. The Morgan fingerprint density at radius 2 is 2.06 bits per heavy atom. The smallest absolute Gasteiger partial charge is 0.317 e. The van der Waals surface area contributed by atoms with Crippen LogP contribution < -0.4 is 14.8 Å². The molecule has 1 fully saturated rings. The molecular weight excluding hydrogens is 438 g/mol. The minimum Gasteiger partial charge on any atom is -0.486 e. The highest BCUT2D eigenvalue weighted by molar-refractivity contribution is 7.16. The molecular formula is C25H29N3O4S. The number of ether oxygens (including phenoxy) is 2. The highest BCUT2D eigenvalue weighted by atomic mass is 32.1. The van der Waals surface area contributed by atoms with E-state index in [1.54, 1.807) is 6.20 Å². The van der Waals surface area contributed by atoms with E-state index < -0.39 is 11.4 Å². The number of benzene rings is 1. The Balaban J connectivity index is 1.27. The van der Waals surface area contributed by atoms with Gasteiger partial charge in [-0.1, -0.05) is 19.9 Å². The van der Waals surface area contributed by atoms with Crippen molar-refractivity contribution < 1.29 is 19.4 Å². The molecule has 8 heteroatoms. The van der Waals surface area contributed by atoms with Gasteiger partial charge in [0.2, 0.25) is 0 Å². The lowest BCUT2D eigenvalue weighted by molar-refractivity contribution is -0.149. The molecule has 5 rings (SSSR count). The van der Waals surface area contributed by atoms with E-state index in [0.717, 1.165) is 41.1 Å². The van der Waals surface area contributed by atoms with Crippen LogP contribution in [0.15, 0.2) is 35.8 Å². The van der Waals surface area contributed by atoms with Crippen molar-refractivity contribution in [1.82, 2.24) is 15.3 Å². The summed E-state index contributed by atoms with van der Waals surface area (Å²) in [7, 11) is 0. The van der Waals surface area contributed by atoms with Gasteiger partial charge in [0.1, 0.15) is 29.3 Å². The number of hydrogen-bond acceptors (Lipinski definition) is 7. The Bertz CT molecular complexity index is 1170. The summed E-state index contributed by atoms with van der Waals surface area (Å²) in [6.07, 6.45) is 3.92. The number of nitrogens with one attached hydrogen (secondary N) is 1. The molecule has 1 aliphatic carbocycles. The second-order valence-corrected chi connectivity index (χ2v) is 10.0. The molecule has 4 atom stereocenters. The number of aromatic nitrogens is 2. The Labute approximate surface area is 197 Å². The molecule has 1 saturated carbocycles. The summed E-state index contributed by atoms with van der Waals surface area (Å²) in [5.74, 6) is 1.30. The third kappa shape index (κ3) is 3.95. The molecule has 174 valence electrons. The minimum atomic E-state index is -1.06. The van der Waals surface area contributed by atoms with Crippen LogP contribution in [0.2, 0.25) is 0 Å². The first kappa shape index (κ1) is 22.1. The average Bonchev–Trinajstić information content (AvgIpc) is 3.30. The quantitative estimate of drug-likeness (QED) is 0.565. The molecule has 1 aromatic carbocycles. The van der Waals surface area contributed by atoms with Crippen molar-refractivity contribution in [2.24, 2.45) is 11.8 Å². The maximum absolute atomic E-state index is 12.6. The van der Waals surface area contributed by atoms with Crippen molar-refractivity contribution >= 4 is 27.5 Å². The summed E-state index contributed by atoms with van der Waals surface area (Å²) < 4.78 is 11.3. The standard InChI is InChI=1S/C25H29N3O4S/c1-15-16(2)25(24(29)30,23-27-14-18-7-12-33-22(18)28-23)8-5-19(15)26-9-6-17-3-4-20-21(13-17)32-11-10-31-20/h3-4,7,12-16,19,26H,5-6,8-11H2,1-2H3,(H,29,30). The van der Waals surface area contributed by atoms with E-state index in [1.807, 2.05) is 24.4 Å². The molecule has 4 unspecified atom stereocenters. The zero-order valence-corrected chi connectivity index (χ0v) is 19.7. The molecule has 0 saturated heterocycles. The molecule has 33 heavy (non-hydrogen) atoms. The van der Waals surface area contributed by atoms with Gasteiger partial charge >= 0.3 is 5.97 Å². The van der Waals surface area contributed by atoms with Gasteiger partial charge in [-0.05, 0) is 66.8 Å². The molecule has 3 heterocycles. The number of nitrogens with zero attached hydrogens (tertiary/aromatic N) is 2. The lowest BCUT2D eigenvalue weighted by Crippen LogP contribution is -2.55. The van der Waals surface area contributed by atoms with E-state index in [2.05, 4.69) is 34.3 Å². The van der Waals surface area contributed by atoms with Crippen molar-refractivity contribution in [3.8, 4) is 11.5 Å². The van der Waals surface area contributed by atoms with Crippen molar-refractivity contribution in [2.75, 3.05) is 19.8 Å². The molecule has 0 amide bonds. The first-order valence-corrected chi connectivity index (χ1v) is 12.4. The normalized spacial score (nSPS) is 26.9. The second-order valence-electron chi connectivity index (χ2n) is 9.13. The van der Waals surface area contributed by atoms with Gasteiger partial charge < -0.3 is 19.9 Å². The number of fused-ring (bicyclic) bond motifs is 2. The molecule has 2 aliphatic rings. The Hall–Kier alpha value is -2.71. The fourth-order valence-corrected chi connectivity index (χ4v) is 6.03. The molecule has 0 spiro atoms. The largest absolute Gasteiger partial charge is 0.486 e. The van der Waals surface area contributed by atoms with Crippen molar-refractivity contribution in [2.45, 2.75) is 44.6 Å². The van der Waals surface area contributed by atoms with E-state index in [9.17, 15) is 9.90 Å².